The third-order valence-electron chi connectivity index (χ3n) is 3.21. The molecule has 1 unspecified atom stereocenters. The third kappa shape index (κ3) is 7.09. The van der Waals surface area contributed by atoms with Crippen molar-refractivity contribution in [2.75, 3.05) is 26.4 Å². The van der Waals surface area contributed by atoms with Crippen LogP contribution < -0.4 is 0 Å². The van der Waals surface area contributed by atoms with Gasteiger partial charge in [0.25, 0.3) is 0 Å². The summed E-state index contributed by atoms with van der Waals surface area (Å²) < 4.78 is 32.1. The van der Waals surface area contributed by atoms with Crippen molar-refractivity contribution in [1.82, 2.24) is 9.78 Å². The second kappa shape index (κ2) is 10.6. The van der Waals surface area contributed by atoms with E-state index in [-0.39, 0.29) is 12.7 Å². The van der Waals surface area contributed by atoms with Crippen molar-refractivity contribution in [2.45, 2.75) is 25.9 Å². The van der Waals surface area contributed by atoms with Crippen LogP contribution in [0.15, 0.2) is 47.2 Å². The molecule has 0 radical (unpaired) electrons. The Labute approximate surface area is 149 Å². The van der Waals surface area contributed by atoms with E-state index in [2.05, 4.69) is 21.0 Å². The molecule has 2 rings (SSSR count). The highest BCUT2D eigenvalue weighted by atomic mass is 79.9. The topological polar surface area (TPSA) is 45.5 Å². The highest BCUT2D eigenvalue weighted by Crippen LogP contribution is 2.13. The molecule has 132 valence electrons. The Bertz CT molecular complexity index is 582. The molecule has 1 aromatic carbocycles. The van der Waals surface area contributed by atoms with Gasteiger partial charge >= 0.3 is 0 Å². The van der Waals surface area contributed by atoms with Crippen LogP contribution in [0, 0.1) is 0 Å². The molecule has 0 aliphatic carbocycles. The first kappa shape index (κ1) is 19.1. The molecule has 5 nitrogen and oxygen atoms in total. The van der Waals surface area contributed by atoms with Crippen molar-refractivity contribution in [3.8, 4) is 0 Å². The van der Waals surface area contributed by atoms with Crippen molar-refractivity contribution in [3.63, 3.8) is 0 Å². The van der Waals surface area contributed by atoms with Crippen molar-refractivity contribution in [3.05, 3.63) is 52.8 Å². The van der Waals surface area contributed by atoms with Gasteiger partial charge in [-0.25, -0.2) is 9.07 Å². The van der Waals surface area contributed by atoms with E-state index in [0.29, 0.717) is 26.4 Å². The van der Waals surface area contributed by atoms with Gasteiger partial charge in [0, 0.05) is 6.20 Å². The number of rotatable bonds is 11. The van der Waals surface area contributed by atoms with Gasteiger partial charge in [0.05, 0.1) is 49.8 Å². The average Bonchev–Trinajstić information content (AvgIpc) is 3.03. The van der Waals surface area contributed by atoms with E-state index in [9.17, 15) is 4.39 Å². The van der Waals surface area contributed by atoms with E-state index >= 15 is 0 Å². The predicted molar refractivity (Wildman–Crippen MR) is 92.4 cm³/mol. The van der Waals surface area contributed by atoms with Crippen LogP contribution in [0.1, 0.15) is 18.8 Å². The van der Waals surface area contributed by atoms with Gasteiger partial charge in [-0.3, -0.25) is 0 Å². The van der Waals surface area contributed by atoms with Gasteiger partial charge in [0.15, 0.2) is 0 Å². The van der Waals surface area contributed by atoms with Crippen LogP contribution in [-0.2, 0) is 20.8 Å². The van der Waals surface area contributed by atoms with Crippen LogP contribution >= 0.6 is 15.9 Å². The van der Waals surface area contributed by atoms with Crippen molar-refractivity contribution in [1.29, 1.82) is 0 Å². The van der Waals surface area contributed by atoms with Crippen LogP contribution in [0.4, 0.5) is 4.39 Å². The van der Waals surface area contributed by atoms with Gasteiger partial charge in [0.1, 0.15) is 0 Å². The number of ether oxygens (including phenoxy) is 3. The Kier molecular flexibility index (Phi) is 8.38. The van der Waals surface area contributed by atoms with Gasteiger partial charge in [-0.2, -0.15) is 5.10 Å². The molecular weight excluding hydrogens is 379 g/mol. The summed E-state index contributed by atoms with van der Waals surface area (Å²) in [6.07, 6.45) is 1.79. The van der Waals surface area contributed by atoms with Crippen LogP contribution in [0.25, 0.3) is 0 Å². The van der Waals surface area contributed by atoms with Crippen LogP contribution in [0.2, 0.25) is 0 Å². The zero-order valence-corrected chi connectivity index (χ0v) is 15.2. The molecular formula is C17H22BrFN2O3. The lowest BCUT2D eigenvalue weighted by molar-refractivity contribution is -0.0379. The fraction of sp³-hybridized carbons (Fsp3) is 0.471. The number of aromatic nitrogens is 2. The van der Waals surface area contributed by atoms with E-state index in [4.69, 9.17) is 14.2 Å². The zero-order chi connectivity index (χ0) is 17.2. The molecule has 1 aromatic heterocycles. The molecule has 1 heterocycles. The SMILES string of the molecule is C[C@@H](COCCOCC(F)n1cc(Br)cn1)OCc1ccccc1. The monoisotopic (exact) mass is 400 g/mol. The second-order valence-electron chi connectivity index (χ2n) is 5.33. The number of alkyl halides is 1. The molecule has 0 amide bonds. The van der Waals surface area contributed by atoms with E-state index < -0.39 is 6.30 Å². The normalized spacial score (nSPS) is 13.8. The fourth-order valence-electron chi connectivity index (χ4n) is 1.95. The lowest BCUT2D eigenvalue weighted by Crippen LogP contribution is -2.19. The van der Waals surface area contributed by atoms with Crippen LogP contribution in [-0.4, -0.2) is 42.3 Å². The first-order valence-corrected chi connectivity index (χ1v) is 8.59. The summed E-state index contributed by atoms with van der Waals surface area (Å²) in [4.78, 5) is 0. The Morgan fingerprint density at radius 2 is 1.88 bits per heavy atom. The minimum atomic E-state index is -1.30. The largest absolute Gasteiger partial charge is 0.376 e. The summed E-state index contributed by atoms with van der Waals surface area (Å²) in [5, 5.41) is 3.87. The van der Waals surface area contributed by atoms with Crippen LogP contribution in [0.3, 0.4) is 0 Å². The van der Waals surface area contributed by atoms with Gasteiger partial charge in [-0.15, -0.1) is 0 Å². The Morgan fingerprint density at radius 1 is 1.17 bits per heavy atom. The standard InChI is InChI=1S/C17H22BrFN2O3/c1-14(24-12-15-5-3-2-4-6-15)11-22-7-8-23-13-17(19)21-10-16(18)9-20-21/h2-6,9-10,14,17H,7-8,11-13H2,1H3/t14-,17?/m0/s1. The van der Waals surface area contributed by atoms with Gasteiger partial charge < -0.3 is 14.2 Å². The van der Waals surface area contributed by atoms with Crippen LogP contribution in [0.5, 0.6) is 0 Å². The fourth-order valence-corrected chi connectivity index (χ4v) is 2.25. The summed E-state index contributed by atoms with van der Waals surface area (Å²) in [7, 11) is 0. The average molecular weight is 401 g/mol. The van der Waals surface area contributed by atoms with Crippen molar-refractivity contribution < 1.29 is 18.6 Å². The van der Waals surface area contributed by atoms with E-state index in [1.807, 2.05) is 37.3 Å². The lowest BCUT2D eigenvalue weighted by atomic mass is 10.2. The molecule has 0 saturated carbocycles. The Balaban J connectivity index is 1.48. The highest BCUT2D eigenvalue weighted by molar-refractivity contribution is 9.10. The van der Waals surface area contributed by atoms with E-state index in [1.54, 1.807) is 6.20 Å². The molecule has 24 heavy (non-hydrogen) atoms. The minimum absolute atomic E-state index is 0.0134. The molecule has 0 bridgehead atoms. The summed E-state index contributed by atoms with van der Waals surface area (Å²) in [5.41, 5.74) is 1.13. The highest BCUT2D eigenvalue weighted by Gasteiger charge is 2.10. The number of halogens is 2. The maximum Gasteiger partial charge on any atom is 0.214 e. The first-order valence-electron chi connectivity index (χ1n) is 7.80. The maximum absolute atomic E-state index is 13.7. The number of nitrogens with zero attached hydrogens (tertiary/aromatic N) is 2. The summed E-state index contributed by atoms with van der Waals surface area (Å²) in [5.74, 6) is 0. The summed E-state index contributed by atoms with van der Waals surface area (Å²) in [6.45, 7) is 3.66. The molecule has 0 saturated heterocycles. The Hall–Kier alpha value is -1.28. The van der Waals surface area contributed by atoms with E-state index in [1.165, 1.54) is 10.9 Å². The number of benzene rings is 1. The van der Waals surface area contributed by atoms with Crippen molar-refractivity contribution in [2.24, 2.45) is 0 Å². The van der Waals surface area contributed by atoms with Gasteiger partial charge in [-0.05, 0) is 28.4 Å². The minimum Gasteiger partial charge on any atom is -0.376 e. The lowest BCUT2D eigenvalue weighted by Gasteiger charge is -2.14. The second-order valence-corrected chi connectivity index (χ2v) is 6.25. The van der Waals surface area contributed by atoms with E-state index in [0.717, 1.165) is 10.0 Å². The molecule has 0 aliphatic heterocycles. The smallest absolute Gasteiger partial charge is 0.214 e. The summed E-state index contributed by atoms with van der Waals surface area (Å²) >= 11 is 3.22. The third-order valence-corrected chi connectivity index (χ3v) is 3.62. The number of hydrogen-bond donors (Lipinski definition) is 0. The van der Waals surface area contributed by atoms with Gasteiger partial charge in [0.2, 0.25) is 6.30 Å². The predicted octanol–water partition coefficient (Wildman–Crippen LogP) is 3.75. The molecule has 0 N–H and O–H groups in total. The quantitative estimate of drug-likeness (QED) is 0.538. The zero-order valence-electron chi connectivity index (χ0n) is 13.6. The molecule has 0 aliphatic rings. The van der Waals surface area contributed by atoms with Crippen molar-refractivity contribution >= 4 is 15.9 Å². The molecule has 2 atom stereocenters. The molecule has 2 aromatic rings. The number of hydrogen-bond acceptors (Lipinski definition) is 4. The summed E-state index contributed by atoms with van der Waals surface area (Å²) in [6, 6.07) is 9.98. The molecule has 7 heteroatoms. The Morgan fingerprint density at radius 3 is 2.54 bits per heavy atom. The molecule has 0 fully saturated rings. The maximum atomic E-state index is 13.7. The van der Waals surface area contributed by atoms with Gasteiger partial charge in [-0.1, -0.05) is 30.3 Å². The molecule has 0 spiro atoms. The first-order chi connectivity index (χ1) is 11.6.